The van der Waals surface area contributed by atoms with Crippen LogP contribution < -0.4 is 0 Å². The van der Waals surface area contributed by atoms with E-state index in [-0.39, 0.29) is 11.3 Å². The van der Waals surface area contributed by atoms with Gasteiger partial charge in [-0.3, -0.25) is 4.79 Å². The van der Waals surface area contributed by atoms with Crippen LogP contribution >= 0.6 is 11.3 Å². The standard InChI is InChI=1S/C18H22O5S/c1-11(19)7-5-6-9-18(3)16(20)14(17(21)22-4)15(23-18)13-8-10-24-12(13)2/h6,8-11,19H,5,7H2,1-4H3/b9-6+/t11-,18+/m0/s1. The average Bonchev–Trinajstić information content (AvgIpc) is 3.06. The van der Waals surface area contributed by atoms with Crippen LogP contribution in [0, 0.1) is 6.92 Å². The molecule has 1 aliphatic rings. The van der Waals surface area contributed by atoms with Crippen molar-refractivity contribution in [1.29, 1.82) is 0 Å². The maximum Gasteiger partial charge on any atom is 0.345 e. The third-order valence-electron chi connectivity index (χ3n) is 3.90. The van der Waals surface area contributed by atoms with Gasteiger partial charge in [0.25, 0.3) is 0 Å². The van der Waals surface area contributed by atoms with E-state index in [1.165, 1.54) is 18.4 Å². The number of Topliss-reactive ketones (excluding diaryl/α,β-unsaturated/α-hetero) is 1. The molecule has 1 aromatic rings. The first-order valence-corrected chi connectivity index (χ1v) is 8.64. The number of thiophene rings is 1. The van der Waals surface area contributed by atoms with E-state index in [0.717, 1.165) is 10.4 Å². The molecule has 1 aromatic heterocycles. The molecular weight excluding hydrogens is 328 g/mol. The molecule has 6 heteroatoms. The van der Waals surface area contributed by atoms with Crippen LogP contribution in [0.1, 0.15) is 37.1 Å². The van der Waals surface area contributed by atoms with E-state index in [1.807, 2.05) is 18.4 Å². The number of rotatable bonds is 6. The summed E-state index contributed by atoms with van der Waals surface area (Å²) < 4.78 is 10.7. The second-order valence-electron chi connectivity index (χ2n) is 5.95. The van der Waals surface area contributed by atoms with Gasteiger partial charge >= 0.3 is 5.97 Å². The zero-order valence-electron chi connectivity index (χ0n) is 14.3. The topological polar surface area (TPSA) is 72.8 Å². The van der Waals surface area contributed by atoms with Crippen LogP contribution in [0.5, 0.6) is 0 Å². The average molecular weight is 350 g/mol. The normalized spacial score (nSPS) is 22.1. The molecule has 0 aromatic carbocycles. The number of allylic oxidation sites excluding steroid dienone is 1. The van der Waals surface area contributed by atoms with Gasteiger partial charge in [0.1, 0.15) is 11.3 Å². The summed E-state index contributed by atoms with van der Waals surface area (Å²) in [4.78, 5) is 25.9. The van der Waals surface area contributed by atoms with E-state index in [0.29, 0.717) is 12.8 Å². The van der Waals surface area contributed by atoms with E-state index in [4.69, 9.17) is 9.47 Å². The van der Waals surface area contributed by atoms with Gasteiger partial charge in [-0.05, 0) is 51.1 Å². The highest BCUT2D eigenvalue weighted by molar-refractivity contribution is 7.10. The molecule has 0 saturated carbocycles. The Morgan fingerprint density at radius 2 is 2.25 bits per heavy atom. The predicted octanol–water partition coefficient (Wildman–Crippen LogP) is 3.02. The fourth-order valence-electron chi connectivity index (χ4n) is 2.51. The van der Waals surface area contributed by atoms with Crippen molar-refractivity contribution in [3.63, 3.8) is 0 Å². The quantitative estimate of drug-likeness (QED) is 0.485. The molecule has 0 radical (unpaired) electrons. The van der Waals surface area contributed by atoms with Gasteiger partial charge < -0.3 is 14.6 Å². The molecular formula is C18H22O5S. The van der Waals surface area contributed by atoms with Gasteiger partial charge in [0.15, 0.2) is 5.60 Å². The van der Waals surface area contributed by atoms with E-state index < -0.39 is 23.5 Å². The molecule has 2 atom stereocenters. The molecule has 130 valence electrons. The molecule has 0 unspecified atom stereocenters. The summed E-state index contributed by atoms with van der Waals surface area (Å²) in [7, 11) is 1.24. The molecule has 5 nitrogen and oxygen atoms in total. The minimum Gasteiger partial charge on any atom is -0.474 e. The Kier molecular flexibility index (Phi) is 5.62. The Labute approximate surface area is 145 Å². The molecule has 24 heavy (non-hydrogen) atoms. The highest BCUT2D eigenvalue weighted by atomic mass is 32.1. The summed E-state index contributed by atoms with van der Waals surface area (Å²) >= 11 is 1.52. The third kappa shape index (κ3) is 3.60. The number of ketones is 1. The van der Waals surface area contributed by atoms with Crippen molar-refractivity contribution in [2.75, 3.05) is 7.11 Å². The van der Waals surface area contributed by atoms with Crippen LogP contribution in [0.4, 0.5) is 0 Å². The van der Waals surface area contributed by atoms with E-state index in [1.54, 1.807) is 26.0 Å². The summed E-state index contributed by atoms with van der Waals surface area (Å²) in [5, 5.41) is 11.2. The lowest BCUT2D eigenvalue weighted by atomic mass is 9.95. The maximum atomic E-state index is 12.8. The number of methoxy groups -OCH3 is 1. The Morgan fingerprint density at radius 1 is 1.54 bits per heavy atom. The number of ether oxygens (including phenoxy) is 2. The number of hydrogen-bond donors (Lipinski definition) is 1. The molecule has 2 heterocycles. The van der Waals surface area contributed by atoms with Crippen molar-refractivity contribution in [1.82, 2.24) is 0 Å². The Morgan fingerprint density at radius 3 is 2.79 bits per heavy atom. The zero-order chi connectivity index (χ0) is 17.9. The van der Waals surface area contributed by atoms with Crippen molar-refractivity contribution in [3.8, 4) is 0 Å². The highest BCUT2D eigenvalue weighted by Gasteiger charge is 2.47. The zero-order valence-corrected chi connectivity index (χ0v) is 15.1. The lowest BCUT2D eigenvalue weighted by Gasteiger charge is -2.19. The number of carbonyl (C=O) groups is 2. The van der Waals surface area contributed by atoms with E-state index in [2.05, 4.69) is 0 Å². The number of aryl methyl sites for hydroxylation is 1. The Hall–Kier alpha value is -1.92. The minimum atomic E-state index is -1.24. The fourth-order valence-corrected chi connectivity index (χ4v) is 3.21. The summed E-state index contributed by atoms with van der Waals surface area (Å²) in [6.45, 7) is 5.25. The first-order chi connectivity index (χ1) is 11.3. The molecule has 2 rings (SSSR count). The van der Waals surface area contributed by atoms with Crippen molar-refractivity contribution in [2.24, 2.45) is 0 Å². The largest absolute Gasteiger partial charge is 0.474 e. The number of carbonyl (C=O) groups excluding carboxylic acids is 2. The van der Waals surface area contributed by atoms with Crippen LogP contribution in [0.3, 0.4) is 0 Å². The van der Waals surface area contributed by atoms with Gasteiger partial charge in [0.2, 0.25) is 5.78 Å². The smallest absolute Gasteiger partial charge is 0.345 e. The third-order valence-corrected chi connectivity index (χ3v) is 4.74. The lowest BCUT2D eigenvalue weighted by molar-refractivity contribution is -0.138. The Balaban J connectivity index is 2.34. The molecule has 0 amide bonds. The second-order valence-corrected chi connectivity index (χ2v) is 7.07. The summed E-state index contributed by atoms with van der Waals surface area (Å²) in [6, 6.07) is 1.83. The van der Waals surface area contributed by atoms with Gasteiger partial charge in [-0.1, -0.05) is 6.08 Å². The number of aliphatic hydroxyl groups excluding tert-OH is 1. The predicted molar refractivity (Wildman–Crippen MR) is 92.5 cm³/mol. The molecule has 0 aliphatic carbocycles. The minimum absolute atomic E-state index is 0.0540. The Bertz CT molecular complexity index is 698. The van der Waals surface area contributed by atoms with Crippen molar-refractivity contribution in [3.05, 3.63) is 39.6 Å². The van der Waals surface area contributed by atoms with Gasteiger partial charge in [-0.25, -0.2) is 4.79 Å². The van der Waals surface area contributed by atoms with Gasteiger partial charge in [0.05, 0.1) is 13.2 Å². The van der Waals surface area contributed by atoms with E-state index >= 15 is 0 Å². The van der Waals surface area contributed by atoms with Gasteiger partial charge in [-0.2, -0.15) is 0 Å². The fraction of sp³-hybridized carbons (Fsp3) is 0.444. The number of aliphatic hydroxyl groups is 1. The molecule has 0 spiro atoms. The first-order valence-electron chi connectivity index (χ1n) is 7.76. The molecule has 0 bridgehead atoms. The second kappa shape index (κ2) is 7.32. The van der Waals surface area contributed by atoms with Crippen LogP contribution in [0.25, 0.3) is 5.76 Å². The molecule has 1 aliphatic heterocycles. The molecule has 0 saturated heterocycles. The monoisotopic (exact) mass is 350 g/mol. The van der Waals surface area contributed by atoms with Crippen molar-refractivity contribution in [2.45, 2.75) is 45.3 Å². The first kappa shape index (κ1) is 18.4. The van der Waals surface area contributed by atoms with Crippen LogP contribution in [0.2, 0.25) is 0 Å². The number of hydrogen-bond acceptors (Lipinski definition) is 6. The highest BCUT2D eigenvalue weighted by Crippen LogP contribution is 2.40. The molecule has 1 N–H and O–H groups in total. The summed E-state index contributed by atoms with van der Waals surface area (Å²) in [6.07, 6.45) is 4.24. The number of esters is 1. The van der Waals surface area contributed by atoms with Crippen LogP contribution in [-0.4, -0.2) is 35.7 Å². The van der Waals surface area contributed by atoms with Crippen LogP contribution in [-0.2, 0) is 19.1 Å². The van der Waals surface area contributed by atoms with Crippen LogP contribution in [0.15, 0.2) is 29.2 Å². The summed E-state index contributed by atoms with van der Waals surface area (Å²) in [5.74, 6) is -0.835. The lowest BCUT2D eigenvalue weighted by Crippen LogP contribution is -2.33. The maximum absolute atomic E-state index is 12.8. The van der Waals surface area contributed by atoms with Gasteiger partial charge in [-0.15, -0.1) is 11.3 Å². The van der Waals surface area contributed by atoms with Crippen molar-refractivity contribution >= 4 is 28.8 Å². The van der Waals surface area contributed by atoms with E-state index in [9.17, 15) is 14.7 Å². The summed E-state index contributed by atoms with van der Waals surface area (Å²) in [5.41, 5.74) is -0.567. The van der Waals surface area contributed by atoms with Crippen molar-refractivity contribution < 1.29 is 24.2 Å². The van der Waals surface area contributed by atoms with Gasteiger partial charge in [0, 0.05) is 10.4 Å². The SMILES string of the molecule is COC(=O)C1=C(c2ccsc2C)O[C@](C)(/C=C/CC[C@H](C)O)C1=O. The molecule has 0 fully saturated rings.